The number of rotatable bonds is 8. The summed E-state index contributed by atoms with van der Waals surface area (Å²) < 4.78 is 5.72. The average molecular weight is 461 g/mol. The molecule has 0 bridgehead atoms. The van der Waals surface area contributed by atoms with Gasteiger partial charge in [-0.25, -0.2) is 4.98 Å². The number of aromatic amines is 1. The molecule has 33 heavy (non-hydrogen) atoms. The van der Waals surface area contributed by atoms with E-state index in [1.54, 1.807) is 18.0 Å². The Bertz CT molecular complexity index is 1160. The first-order valence-corrected chi connectivity index (χ1v) is 12.5. The van der Waals surface area contributed by atoms with Crippen molar-refractivity contribution in [1.82, 2.24) is 20.2 Å². The first-order chi connectivity index (χ1) is 16.3. The van der Waals surface area contributed by atoms with Crippen molar-refractivity contribution in [3.8, 4) is 0 Å². The predicted octanol–water partition coefficient (Wildman–Crippen LogP) is 5.41. The Morgan fingerprint density at radius 2 is 1.88 bits per heavy atom. The van der Waals surface area contributed by atoms with E-state index in [0.29, 0.717) is 17.9 Å². The van der Waals surface area contributed by atoms with E-state index < -0.39 is 0 Å². The molecule has 1 atom stereocenters. The molecule has 1 unspecified atom stereocenters. The van der Waals surface area contributed by atoms with E-state index in [2.05, 4.69) is 20.2 Å². The van der Waals surface area contributed by atoms with Crippen molar-refractivity contribution in [1.29, 1.82) is 0 Å². The van der Waals surface area contributed by atoms with Gasteiger partial charge in [0.15, 0.2) is 5.16 Å². The molecule has 1 amide bonds. The number of nitrogens with zero attached hydrogens (tertiary/aromatic N) is 2. The molecule has 5 rings (SSSR count). The van der Waals surface area contributed by atoms with Crippen LogP contribution in [0.1, 0.15) is 47.0 Å². The van der Waals surface area contributed by atoms with Gasteiger partial charge in [-0.05, 0) is 61.8 Å². The largest absolute Gasteiger partial charge is 0.468 e. The molecular formula is C26H28N4O2S. The molecule has 0 radical (unpaired) electrons. The molecule has 2 aromatic carbocycles. The Hall–Kier alpha value is -3.03. The molecule has 1 saturated heterocycles. The second kappa shape index (κ2) is 10.3. The standard InChI is InChI=1S/C26H28N4O2S/c31-25(27-17-23(24-13-8-16-32-24)30-14-6-1-7-15-30)20-10-3-2-9-19(20)18-33-26-28-21-11-4-5-12-22(21)29-26/h2-5,8-13,16,23H,1,6-7,14-15,17-18H2,(H,27,31)(H,28,29). The SMILES string of the molecule is O=C(NCC(c1ccco1)N1CCCCC1)c1ccccc1CSc1nc2ccccc2[nH]1. The van der Waals surface area contributed by atoms with Crippen LogP contribution in [0.5, 0.6) is 0 Å². The van der Waals surface area contributed by atoms with Crippen LogP contribution in [0.25, 0.3) is 11.0 Å². The minimum Gasteiger partial charge on any atom is -0.468 e. The van der Waals surface area contributed by atoms with Crippen molar-refractivity contribution in [2.45, 2.75) is 36.2 Å². The summed E-state index contributed by atoms with van der Waals surface area (Å²) >= 11 is 1.61. The maximum Gasteiger partial charge on any atom is 0.251 e. The van der Waals surface area contributed by atoms with Gasteiger partial charge < -0.3 is 14.7 Å². The van der Waals surface area contributed by atoms with E-state index in [1.165, 1.54) is 19.3 Å². The smallest absolute Gasteiger partial charge is 0.251 e. The third-order valence-electron chi connectivity index (χ3n) is 6.15. The highest BCUT2D eigenvalue weighted by Crippen LogP contribution is 2.26. The Kier molecular flexibility index (Phi) is 6.79. The second-order valence-corrected chi connectivity index (χ2v) is 9.31. The molecule has 0 saturated carbocycles. The molecule has 0 spiro atoms. The van der Waals surface area contributed by atoms with Gasteiger partial charge >= 0.3 is 0 Å². The summed E-state index contributed by atoms with van der Waals surface area (Å²) in [5.74, 6) is 1.52. The molecule has 1 aliphatic rings. The molecule has 7 heteroatoms. The summed E-state index contributed by atoms with van der Waals surface area (Å²) in [7, 11) is 0. The average Bonchev–Trinajstić information content (AvgIpc) is 3.54. The Labute approximate surface area is 197 Å². The van der Waals surface area contributed by atoms with Gasteiger partial charge in [0.05, 0.1) is 23.3 Å². The highest BCUT2D eigenvalue weighted by molar-refractivity contribution is 7.98. The zero-order valence-corrected chi connectivity index (χ0v) is 19.3. The lowest BCUT2D eigenvalue weighted by Gasteiger charge is -2.33. The fraction of sp³-hybridized carbons (Fsp3) is 0.308. The van der Waals surface area contributed by atoms with Crippen LogP contribution >= 0.6 is 11.8 Å². The van der Waals surface area contributed by atoms with Crippen LogP contribution in [0.15, 0.2) is 76.5 Å². The lowest BCUT2D eigenvalue weighted by Crippen LogP contribution is -2.40. The third-order valence-corrected chi connectivity index (χ3v) is 7.08. The summed E-state index contributed by atoms with van der Waals surface area (Å²) in [4.78, 5) is 23.6. The summed E-state index contributed by atoms with van der Waals surface area (Å²) in [6.45, 7) is 2.59. The number of likely N-dealkylation sites (tertiary alicyclic amines) is 1. The second-order valence-electron chi connectivity index (χ2n) is 8.34. The van der Waals surface area contributed by atoms with Crippen LogP contribution in [0.3, 0.4) is 0 Å². The maximum atomic E-state index is 13.2. The minimum absolute atomic E-state index is 0.0515. The summed E-state index contributed by atoms with van der Waals surface area (Å²) in [5.41, 5.74) is 3.67. The number of piperidine rings is 1. The van der Waals surface area contributed by atoms with Crippen molar-refractivity contribution >= 4 is 28.7 Å². The molecule has 2 aromatic heterocycles. The van der Waals surface area contributed by atoms with Crippen LogP contribution in [0.2, 0.25) is 0 Å². The number of fused-ring (bicyclic) bond motifs is 1. The summed E-state index contributed by atoms with van der Waals surface area (Å²) in [6, 6.07) is 19.8. The molecule has 0 aliphatic carbocycles. The lowest BCUT2D eigenvalue weighted by molar-refractivity contribution is 0.0913. The molecule has 1 aliphatic heterocycles. The predicted molar refractivity (Wildman–Crippen MR) is 131 cm³/mol. The van der Waals surface area contributed by atoms with Gasteiger partial charge in [-0.1, -0.05) is 48.5 Å². The fourth-order valence-corrected chi connectivity index (χ4v) is 5.31. The van der Waals surface area contributed by atoms with Crippen molar-refractivity contribution < 1.29 is 9.21 Å². The van der Waals surface area contributed by atoms with Crippen LogP contribution in [-0.4, -0.2) is 40.4 Å². The fourth-order valence-electron chi connectivity index (χ4n) is 4.42. The van der Waals surface area contributed by atoms with Gasteiger partial charge in [0.2, 0.25) is 0 Å². The molecule has 4 aromatic rings. The van der Waals surface area contributed by atoms with E-state index in [9.17, 15) is 4.79 Å². The van der Waals surface area contributed by atoms with Crippen LogP contribution in [0, 0.1) is 0 Å². The molecule has 2 N–H and O–H groups in total. The van der Waals surface area contributed by atoms with Crippen molar-refractivity contribution in [2.75, 3.05) is 19.6 Å². The number of hydrogen-bond donors (Lipinski definition) is 2. The molecular weight excluding hydrogens is 432 g/mol. The van der Waals surface area contributed by atoms with Gasteiger partial charge in [0.25, 0.3) is 5.91 Å². The quantitative estimate of drug-likeness (QED) is 0.344. The highest BCUT2D eigenvalue weighted by Gasteiger charge is 2.25. The maximum absolute atomic E-state index is 13.2. The highest BCUT2D eigenvalue weighted by atomic mass is 32.2. The third kappa shape index (κ3) is 5.15. The number of furan rings is 1. The number of H-pyrrole nitrogens is 1. The number of para-hydroxylation sites is 2. The normalized spacial score (nSPS) is 15.5. The van der Waals surface area contributed by atoms with Gasteiger partial charge in [0.1, 0.15) is 5.76 Å². The number of imidazole rings is 1. The molecule has 6 nitrogen and oxygen atoms in total. The number of aromatic nitrogens is 2. The van der Waals surface area contributed by atoms with Crippen molar-refractivity contribution in [3.05, 3.63) is 83.8 Å². The van der Waals surface area contributed by atoms with Crippen LogP contribution in [-0.2, 0) is 5.75 Å². The Balaban J connectivity index is 1.26. The number of thioether (sulfide) groups is 1. The van der Waals surface area contributed by atoms with Gasteiger partial charge in [0, 0.05) is 17.9 Å². The number of amides is 1. The summed E-state index contributed by atoms with van der Waals surface area (Å²) in [5, 5.41) is 4.03. The number of carbonyl (C=O) groups is 1. The monoisotopic (exact) mass is 460 g/mol. The number of nitrogens with one attached hydrogen (secondary N) is 2. The zero-order chi connectivity index (χ0) is 22.5. The topological polar surface area (TPSA) is 74.2 Å². The number of hydrogen-bond acceptors (Lipinski definition) is 5. The first-order valence-electron chi connectivity index (χ1n) is 11.5. The summed E-state index contributed by atoms with van der Waals surface area (Å²) in [6.07, 6.45) is 5.35. The van der Waals surface area contributed by atoms with E-state index in [0.717, 1.165) is 40.6 Å². The van der Waals surface area contributed by atoms with Crippen molar-refractivity contribution in [2.24, 2.45) is 0 Å². The molecule has 1 fully saturated rings. The Morgan fingerprint density at radius 1 is 1.06 bits per heavy atom. The van der Waals surface area contributed by atoms with Gasteiger partial charge in [-0.2, -0.15) is 0 Å². The van der Waals surface area contributed by atoms with Gasteiger partial charge in [-0.3, -0.25) is 9.69 Å². The number of carbonyl (C=O) groups excluding carboxylic acids is 1. The van der Waals surface area contributed by atoms with E-state index >= 15 is 0 Å². The lowest BCUT2D eigenvalue weighted by atomic mass is 10.1. The van der Waals surface area contributed by atoms with Crippen LogP contribution in [0.4, 0.5) is 0 Å². The molecule has 3 heterocycles. The zero-order valence-electron chi connectivity index (χ0n) is 18.5. The van der Waals surface area contributed by atoms with Gasteiger partial charge in [-0.15, -0.1) is 0 Å². The van der Waals surface area contributed by atoms with E-state index in [-0.39, 0.29) is 11.9 Å². The van der Waals surface area contributed by atoms with Crippen molar-refractivity contribution in [3.63, 3.8) is 0 Å². The molecule has 170 valence electrons. The minimum atomic E-state index is -0.0515. The van der Waals surface area contributed by atoms with Crippen LogP contribution < -0.4 is 5.32 Å². The first kappa shape index (κ1) is 21.8. The van der Waals surface area contributed by atoms with E-state index in [1.807, 2.05) is 60.7 Å². The Morgan fingerprint density at radius 3 is 2.70 bits per heavy atom. The number of benzene rings is 2. The van der Waals surface area contributed by atoms with E-state index in [4.69, 9.17) is 4.42 Å².